The Morgan fingerprint density at radius 3 is 2.39 bits per heavy atom. The maximum Gasteiger partial charge on any atom is 0.416 e. The number of benzene rings is 2. The topological polar surface area (TPSA) is 63.7 Å². The Kier molecular flexibility index (Phi) is 6.64. The summed E-state index contributed by atoms with van der Waals surface area (Å²) in [6.07, 6.45) is -1.99. The second kappa shape index (κ2) is 8.90. The van der Waals surface area contributed by atoms with Gasteiger partial charge in [0.2, 0.25) is 5.91 Å². The summed E-state index contributed by atoms with van der Waals surface area (Å²) in [7, 11) is -4.51. The minimum atomic E-state index is -4.68. The average Bonchev–Trinajstić information content (AvgIpc) is 2.64. The Morgan fingerprint density at radius 2 is 1.81 bits per heavy atom. The Balaban J connectivity index is 1.87. The van der Waals surface area contributed by atoms with E-state index in [2.05, 4.69) is 0 Å². The van der Waals surface area contributed by atoms with Gasteiger partial charge in [-0.25, -0.2) is 0 Å². The van der Waals surface area contributed by atoms with Crippen LogP contribution < -0.4 is 4.18 Å². The van der Waals surface area contributed by atoms with Crippen LogP contribution in [0, 0.1) is 5.92 Å². The van der Waals surface area contributed by atoms with Crippen LogP contribution in [0.2, 0.25) is 0 Å². The minimum Gasteiger partial charge on any atom is -0.379 e. The molecule has 1 amide bonds. The molecule has 0 heterocycles. The number of amides is 1. The Hall–Kier alpha value is -2.55. The second-order valence-corrected chi connectivity index (χ2v) is 9.40. The molecule has 1 fully saturated rings. The normalized spacial score (nSPS) is 14.9. The van der Waals surface area contributed by atoms with Crippen molar-refractivity contribution < 1.29 is 30.6 Å². The number of alkyl halides is 3. The zero-order valence-electron chi connectivity index (χ0n) is 17.2. The van der Waals surface area contributed by atoms with Gasteiger partial charge in [0.25, 0.3) is 0 Å². The van der Waals surface area contributed by atoms with Crippen molar-refractivity contribution >= 4 is 16.0 Å². The van der Waals surface area contributed by atoms with E-state index in [1.807, 2.05) is 13.8 Å². The molecule has 0 radical (unpaired) electrons. The molecular weight excluding hydrogens is 431 g/mol. The third-order valence-corrected chi connectivity index (χ3v) is 6.55. The summed E-state index contributed by atoms with van der Waals surface area (Å²) in [4.78, 5) is 13.9. The van der Waals surface area contributed by atoms with Gasteiger partial charge in [0.1, 0.15) is 10.6 Å². The van der Waals surface area contributed by atoms with Crippen LogP contribution in [0.1, 0.15) is 44.2 Å². The van der Waals surface area contributed by atoms with Crippen LogP contribution in [0.5, 0.6) is 5.75 Å². The first kappa shape index (κ1) is 23.1. The summed E-state index contributed by atoms with van der Waals surface area (Å²) >= 11 is 0. The fourth-order valence-electron chi connectivity index (χ4n) is 3.30. The first-order chi connectivity index (χ1) is 14.5. The van der Waals surface area contributed by atoms with Crippen LogP contribution in [0.25, 0.3) is 0 Å². The van der Waals surface area contributed by atoms with Gasteiger partial charge in [-0.3, -0.25) is 4.79 Å². The van der Waals surface area contributed by atoms with Crippen LogP contribution in [0.4, 0.5) is 13.2 Å². The Bertz CT molecular complexity index is 1050. The van der Waals surface area contributed by atoms with Gasteiger partial charge >= 0.3 is 16.3 Å². The van der Waals surface area contributed by atoms with Gasteiger partial charge in [-0.15, -0.1) is 0 Å². The summed E-state index contributed by atoms with van der Waals surface area (Å²) in [5, 5.41) is 0. The summed E-state index contributed by atoms with van der Waals surface area (Å²) < 4.78 is 69.5. The molecule has 0 aliphatic heterocycles. The second-order valence-electron chi connectivity index (χ2n) is 7.86. The Labute approximate surface area is 179 Å². The zero-order chi connectivity index (χ0) is 22.8. The zero-order valence-corrected chi connectivity index (χ0v) is 18.0. The van der Waals surface area contributed by atoms with Crippen molar-refractivity contribution in [1.82, 2.24) is 4.90 Å². The van der Waals surface area contributed by atoms with Gasteiger partial charge in [0, 0.05) is 24.1 Å². The number of hydrogen-bond acceptors (Lipinski definition) is 4. The van der Waals surface area contributed by atoms with Crippen molar-refractivity contribution in [3.8, 4) is 5.75 Å². The number of halogens is 3. The Morgan fingerprint density at radius 1 is 1.13 bits per heavy atom. The molecular formula is C22H24F3NO4S. The number of rotatable bonds is 7. The number of carbonyl (C=O) groups excluding carboxylic acids is 1. The summed E-state index contributed by atoms with van der Waals surface area (Å²) in [6, 6.07) is 9.60. The fraction of sp³-hybridized carbons (Fsp3) is 0.409. The molecule has 0 atom stereocenters. The number of para-hydroxylation sites is 1. The third-order valence-electron chi connectivity index (χ3n) is 5.32. The van der Waals surface area contributed by atoms with Crippen molar-refractivity contribution in [2.45, 2.75) is 56.8 Å². The van der Waals surface area contributed by atoms with Crippen LogP contribution in [-0.2, 0) is 27.6 Å². The van der Waals surface area contributed by atoms with Crippen molar-refractivity contribution in [1.29, 1.82) is 0 Å². The van der Waals surface area contributed by atoms with Crippen LogP contribution in [0.3, 0.4) is 0 Å². The first-order valence-electron chi connectivity index (χ1n) is 9.99. The highest BCUT2D eigenvalue weighted by Gasteiger charge is 2.33. The molecule has 0 aromatic heterocycles. The highest BCUT2D eigenvalue weighted by atomic mass is 32.2. The van der Waals surface area contributed by atoms with Crippen molar-refractivity contribution in [3.63, 3.8) is 0 Å². The van der Waals surface area contributed by atoms with E-state index in [1.54, 1.807) is 23.1 Å². The predicted octanol–water partition coefficient (Wildman–Crippen LogP) is 5.01. The molecule has 0 unspecified atom stereocenters. The maximum absolute atomic E-state index is 13.0. The van der Waals surface area contributed by atoms with E-state index in [0.717, 1.165) is 37.5 Å². The number of hydrogen-bond donors (Lipinski definition) is 0. The molecule has 0 N–H and O–H groups in total. The predicted molar refractivity (Wildman–Crippen MR) is 109 cm³/mol. The molecule has 3 rings (SSSR count). The lowest BCUT2D eigenvalue weighted by molar-refractivity contribution is -0.140. The summed E-state index contributed by atoms with van der Waals surface area (Å²) in [5.74, 6) is -0.0342. The van der Waals surface area contributed by atoms with Gasteiger partial charge in [0.05, 0.1) is 5.56 Å². The number of carbonyl (C=O) groups is 1. The molecule has 168 valence electrons. The standard InChI is InChI=1S/C22H24F3NO4S/c1-15(2)26(21(27)16-8-5-9-16)14-17-7-3-4-12-20(17)30-31(28,29)19-11-6-10-18(13-19)22(23,24)25/h3-4,6-7,10-13,15-16H,5,8-9,14H2,1-2H3. The van der Waals surface area contributed by atoms with Gasteiger partial charge in [-0.2, -0.15) is 21.6 Å². The van der Waals surface area contributed by atoms with Crippen LogP contribution in [0.15, 0.2) is 53.4 Å². The molecule has 31 heavy (non-hydrogen) atoms. The van der Waals surface area contributed by atoms with E-state index in [-0.39, 0.29) is 30.2 Å². The SMILES string of the molecule is CC(C)N(Cc1ccccc1OS(=O)(=O)c1cccc(C(F)(F)F)c1)C(=O)C1CCC1. The van der Waals surface area contributed by atoms with E-state index < -0.39 is 26.8 Å². The molecule has 1 saturated carbocycles. The van der Waals surface area contributed by atoms with Crippen LogP contribution in [-0.4, -0.2) is 25.3 Å². The molecule has 2 aromatic carbocycles. The highest BCUT2D eigenvalue weighted by Crippen LogP contribution is 2.33. The average molecular weight is 455 g/mol. The van der Waals surface area contributed by atoms with E-state index in [9.17, 15) is 26.4 Å². The molecule has 0 spiro atoms. The van der Waals surface area contributed by atoms with Crippen molar-refractivity contribution in [2.75, 3.05) is 0 Å². The summed E-state index contributed by atoms with van der Waals surface area (Å²) in [6.45, 7) is 3.89. The lowest BCUT2D eigenvalue weighted by Gasteiger charge is -2.34. The monoisotopic (exact) mass is 455 g/mol. The fourth-order valence-corrected chi connectivity index (χ4v) is 4.31. The molecule has 1 aliphatic rings. The lowest BCUT2D eigenvalue weighted by Crippen LogP contribution is -2.42. The molecule has 9 heteroatoms. The van der Waals surface area contributed by atoms with Gasteiger partial charge in [-0.1, -0.05) is 30.7 Å². The molecule has 0 saturated heterocycles. The van der Waals surface area contributed by atoms with Gasteiger partial charge in [0.15, 0.2) is 0 Å². The van der Waals surface area contributed by atoms with E-state index in [0.29, 0.717) is 11.6 Å². The maximum atomic E-state index is 13.0. The van der Waals surface area contributed by atoms with Crippen molar-refractivity contribution in [3.05, 3.63) is 59.7 Å². The molecule has 0 bridgehead atoms. The first-order valence-corrected chi connectivity index (χ1v) is 11.4. The van der Waals surface area contributed by atoms with E-state index in [4.69, 9.17) is 4.18 Å². The summed E-state index contributed by atoms with van der Waals surface area (Å²) in [5.41, 5.74) is -0.623. The number of nitrogens with zero attached hydrogens (tertiary/aromatic N) is 1. The van der Waals surface area contributed by atoms with E-state index in [1.165, 1.54) is 6.07 Å². The van der Waals surface area contributed by atoms with Gasteiger partial charge < -0.3 is 9.08 Å². The third kappa shape index (κ3) is 5.39. The van der Waals surface area contributed by atoms with E-state index >= 15 is 0 Å². The largest absolute Gasteiger partial charge is 0.416 e. The quantitative estimate of drug-likeness (QED) is 0.551. The molecule has 5 nitrogen and oxygen atoms in total. The molecule has 1 aliphatic carbocycles. The highest BCUT2D eigenvalue weighted by molar-refractivity contribution is 7.87. The minimum absolute atomic E-state index is 0.0109. The van der Waals surface area contributed by atoms with Crippen molar-refractivity contribution in [2.24, 2.45) is 5.92 Å². The molecule has 2 aromatic rings. The van der Waals surface area contributed by atoms with Gasteiger partial charge in [-0.05, 0) is 51.0 Å². The smallest absolute Gasteiger partial charge is 0.379 e. The van der Waals surface area contributed by atoms with Crippen LogP contribution >= 0.6 is 0 Å². The lowest BCUT2D eigenvalue weighted by atomic mass is 9.84.